The highest BCUT2D eigenvalue weighted by Gasteiger charge is 2.44. The van der Waals surface area contributed by atoms with Crippen LogP contribution >= 0.6 is 11.3 Å². The predicted octanol–water partition coefficient (Wildman–Crippen LogP) is 4.38. The van der Waals surface area contributed by atoms with E-state index in [4.69, 9.17) is 9.47 Å². The summed E-state index contributed by atoms with van der Waals surface area (Å²) in [5.41, 5.74) is 1.50. The van der Waals surface area contributed by atoms with Crippen LogP contribution in [0.25, 0.3) is 10.4 Å². The minimum atomic E-state index is -1.01. The highest BCUT2D eigenvalue weighted by molar-refractivity contribution is 7.13. The third-order valence-corrected chi connectivity index (χ3v) is 7.24. The molecule has 0 radical (unpaired) electrons. The molecule has 1 aliphatic heterocycles. The first-order valence-corrected chi connectivity index (χ1v) is 11.2. The van der Waals surface area contributed by atoms with Gasteiger partial charge in [-0.05, 0) is 66.7 Å². The van der Waals surface area contributed by atoms with Crippen LogP contribution in [0.2, 0.25) is 0 Å². The molecule has 2 heterocycles. The van der Waals surface area contributed by atoms with Crippen molar-refractivity contribution in [2.45, 2.75) is 37.8 Å². The molecule has 1 saturated heterocycles. The molecule has 1 N–H and O–H groups in total. The van der Waals surface area contributed by atoms with Gasteiger partial charge in [-0.2, -0.15) is 5.26 Å². The van der Waals surface area contributed by atoms with Crippen molar-refractivity contribution in [2.24, 2.45) is 11.8 Å². The highest BCUT2D eigenvalue weighted by Crippen LogP contribution is 2.41. The third-order valence-electron chi connectivity index (χ3n) is 6.32. The first-order valence-electron chi connectivity index (χ1n) is 10.3. The zero-order chi connectivity index (χ0) is 22.0. The van der Waals surface area contributed by atoms with Crippen LogP contribution in [0.5, 0.6) is 5.75 Å². The molecule has 4 rings (SSSR count). The first-order chi connectivity index (χ1) is 15.0. The van der Waals surface area contributed by atoms with E-state index in [9.17, 15) is 20.0 Å². The van der Waals surface area contributed by atoms with Crippen molar-refractivity contribution in [3.05, 3.63) is 41.3 Å². The zero-order valence-electron chi connectivity index (χ0n) is 17.2. The Bertz CT molecular complexity index is 1000. The molecule has 1 aliphatic carbocycles. The smallest absolute Gasteiger partial charge is 0.410 e. The van der Waals surface area contributed by atoms with E-state index in [1.807, 2.05) is 29.6 Å². The summed E-state index contributed by atoms with van der Waals surface area (Å²) in [6, 6.07) is 11.0. The monoisotopic (exact) mass is 440 g/mol. The Morgan fingerprint density at radius 2 is 2.06 bits per heavy atom. The van der Waals surface area contributed by atoms with Gasteiger partial charge in [-0.25, -0.2) is 9.59 Å². The molecule has 1 aromatic heterocycles. The zero-order valence-corrected chi connectivity index (χ0v) is 18.0. The van der Waals surface area contributed by atoms with Gasteiger partial charge in [-0.3, -0.25) is 4.90 Å². The second-order valence-electron chi connectivity index (χ2n) is 8.09. The summed E-state index contributed by atoms with van der Waals surface area (Å²) >= 11 is 1.63. The van der Waals surface area contributed by atoms with Crippen molar-refractivity contribution in [3.8, 4) is 22.3 Å². The second kappa shape index (κ2) is 8.98. The summed E-state index contributed by atoms with van der Waals surface area (Å²) in [7, 11) is 1.27. The highest BCUT2D eigenvalue weighted by atomic mass is 32.1. The Morgan fingerprint density at radius 3 is 2.74 bits per heavy atom. The Hall–Kier alpha value is -3.05. The van der Waals surface area contributed by atoms with Gasteiger partial charge in [0.1, 0.15) is 17.9 Å². The summed E-state index contributed by atoms with van der Waals surface area (Å²) in [6.45, 7) is 0.387. The fourth-order valence-corrected chi connectivity index (χ4v) is 5.48. The first kappa shape index (κ1) is 21.2. The van der Waals surface area contributed by atoms with Crippen molar-refractivity contribution in [3.63, 3.8) is 0 Å². The number of aliphatic carboxylic acids is 1. The van der Waals surface area contributed by atoms with Gasteiger partial charge in [0.05, 0.1) is 18.8 Å². The Labute approximate surface area is 184 Å². The van der Waals surface area contributed by atoms with E-state index in [0.717, 1.165) is 23.3 Å². The lowest BCUT2D eigenvalue weighted by atomic mass is 9.72. The van der Waals surface area contributed by atoms with Crippen molar-refractivity contribution in [1.82, 2.24) is 4.90 Å². The fourth-order valence-electron chi connectivity index (χ4n) is 4.75. The lowest BCUT2D eigenvalue weighted by Crippen LogP contribution is -2.55. The second-order valence-corrected chi connectivity index (χ2v) is 9.03. The quantitative estimate of drug-likeness (QED) is 0.758. The van der Waals surface area contributed by atoms with Gasteiger partial charge in [0, 0.05) is 11.4 Å². The lowest BCUT2D eigenvalue weighted by Gasteiger charge is -2.45. The Balaban J connectivity index is 1.49. The number of hydrogen-bond acceptors (Lipinski definition) is 6. The van der Waals surface area contributed by atoms with E-state index in [1.165, 1.54) is 12.0 Å². The Morgan fingerprint density at radius 1 is 1.23 bits per heavy atom. The maximum absolute atomic E-state index is 12.0. The number of carbonyl (C=O) groups excluding carboxylic acids is 1. The number of methoxy groups -OCH3 is 1. The SMILES string of the molecule is COC(=O)N1C[C@@H]2CC[C@H](Oc3cc(-c4cccs4)ccc3C#N)C[C@@H]2C[C@H]1C(=O)O. The van der Waals surface area contributed by atoms with Crippen molar-refractivity contribution >= 4 is 23.4 Å². The number of hydrogen-bond donors (Lipinski definition) is 1. The van der Waals surface area contributed by atoms with Crippen LogP contribution < -0.4 is 4.74 Å². The number of carboxylic acids is 1. The standard InChI is InChI=1S/C23H24N2O5S/c1-29-23(28)25-13-16-6-7-18(9-17(16)10-19(25)22(26)27)30-20-11-14(4-5-15(20)12-24)21-3-2-8-31-21/h2-5,8,11,16-19H,6-7,9-10,13H2,1H3,(H,26,27)/t16-,17+,18-,19-/m0/s1. The molecule has 7 nitrogen and oxygen atoms in total. The third kappa shape index (κ3) is 4.37. The number of likely N-dealkylation sites (tertiary alicyclic amines) is 1. The molecule has 1 saturated carbocycles. The normalized spacial score (nSPS) is 25.2. The number of nitrogens with zero attached hydrogens (tertiary/aromatic N) is 2. The van der Waals surface area contributed by atoms with E-state index in [1.54, 1.807) is 17.4 Å². The number of ether oxygens (including phenoxy) is 2. The summed E-state index contributed by atoms with van der Waals surface area (Å²) < 4.78 is 11.1. The molecule has 162 valence electrons. The number of carbonyl (C=O) groups is 2. The number of piperidine rings is 1. The number of rotatable bonds is 4. The topological polar surface area (TPSA) is 99.9 Å². The van der Waals surface area contributed by atoms with Crippen molar-refractivity contribution < 1.29 is 24.2 Å². The molecule has 1 amide bonds. The number of thiophene rings is 1. The molecule has 0 spiro atoms. The summed E-state index contributed by atoms with van der Waals surface area (Å²) in [5.74, 6) is -0.0739. The van der Waals surface area contributed by atoms with E-state index >= 15 is 0 Å². The molecule has 2 fully saturated rings. The van der Waals surface area contributed by atoms with Gasteiger partial charge in [0.15, 0.2) is 0 Å². The molecule has 2 aliphatic rings. The predicted molar refractivity (Wildman–Crippen MR) is 115 cm³/mol. The fraction of sp³-hybridized carbons (Fsp3) is 0.435. The molecular weight excluding hydrogens is 416 g/mol. The van der Waals surface area contributed by atoms with Crippen LogP contribution in [-0.2, 0) is 9.53 Å². The molecule has 8 heteroatoms. The van der Waals surface area contributed by atoms with Crippen molar-refractivity contribution in [2.75, 3.05) is 13.7 Å². The van der Waals surface area contributed by atoms with Crippen LogP contribution in [0.15, 0.2) is 35.7 Å². The number of carboxylic acid groups (broad SMARTS) is 1. The largest absolute Gasteiger partial charge is 0.489 e. The molecular formula is C23H24N2O5S. The number of nitriles is 1. The maximum atomic E-state index is 12.0. The van der Waals surface area contributed by atoms with E-state index in [2.05, 4.69) is 6.07 Å². The molecule has 1 aromatic carbocycles. The molecule has 0 bridgehead atoms. The molecule has 31 heavy (non-hydrogen) atoms. The van der Waals surface area contributed by atoms with Crippen LogP contribution in [0.4, 0.5) is 4.79 Å². The average Bonchev–Trinajstić information content (AvgIpc) is 3.32. The summed E-state index contributed by atoms with van der Waals surface area (Å²) in [6.07, 6.45) is 2.04. The van der Waals surface area contributed by atoms with Gasteiger partial charge in [0.2, 0.25) is 0 Å². The van der Waals surface area contributed by atoms with Gasteiger partial charge >= 0.3 is 12.1 Å². The summed E-state index contributed by atoms with van der Waals surface area (Å²) in [5, 5.41) is 21.1. The van der Waals surface area contributed by atoms with E-state index < -0.39 is 18.1 Å². The van der Waals surface area contributed by atoms with Crippen LogP contribution in [-0.4, -0.2) is 47.9 Å². The molecule has 4 atom stereocenters. The minimum absolute atomic E-state index is 0.0916. The average molecular weight is 441 g/mol. The van der Waals surface area contributed by atoms with Crippen LogP contribution in [0.3, 0.4) is 0 Å². The van der Waals surface area contributed by atoms with Gasteiger partial charge in [0.25, 0.3) is 0 Å². The number of benzene rings is 1. The van der Waals surface area contributed by atoms with Crippen molar-refractivity contribution in [1.29, 1.82) is 5.26 Å². The number of fused-ring (bicyclic) bond motifs is 1. The van der Waals surface area contributed by atoms with Gasteiger partial charge < -0.3 is 14.6 Å². The number of amides is 1. The van der Waals surface area contributed by atoms with Crippen LogP contribution in [0.1, 0.15) is 31.2 Å². The van der Waals surface area contributed by atoms with E-state index in [0.29, 0.717) is 30.7 Å². The molecule has 0 unspecified atom stereocenters. The van der Waals surface area contributed by atoms with Gasteiger partial charge in [-0.1, -0.05) is 12.1 Å². The maximum Gasteiger partial charge on any atom is 0.410 e. The minimum Gasteiger partial charge on any atom is -0.489 e. The van der Waals surface area contributed by atoms with E-state index in [-0.39, 0.29) is 17.9 Å². The lowest BCUT2D eigenvalue weighted by molar-refractivity contribution is -0.146. The van der Waals surface area contributed by atoms with Crippen LogP contribution in [0, 0.1) is 23.2 Å². The Kier molecular flexibility index (Phi) is 6.14. The summed E-state index contributed by atoms with van der Waals surface area (Å²) in [4.78, 5) is 26.2. The molecule has 2 aromatic rings. The van der Waals surface area contributed by atoms with Gasteiger partial charge in [-0.15, -0.1) is 11.3 Å².